The lowest BCUT2D eigenvalue weighted by molar-refractivity contribution is -0.257. The van der Waals surface area contributed by atoms with Crippen LogP contribution in [0.4, 0.5) is 5.69 Å². The van der Waals surface area contributed by atoms with Crippen molar-refractivity contribution in [2.45, 2.75) is 32.5 Å². The molecule has 1 aromatic rings. The summed E-state index contributed by atoms with van der Waals surface area (Å²) in [5.74, 6) is -1.29. The topological polar surface area (TPSA) is 38.8 Å². The highest BCUT2D eigenvalue weighted by molar-refractivity contribution is 9.09. The van der Waals surface area contributed by atoms with E-state index in [0.717, 1.165) is 40.5 Å². The molecule has 0 radical (unpaired) electrons. The Morgan fingerprint density at radius 1 is 1.24 bits per heavy atom. The Labute approximate surface area is 133 Å². The maximum atomic E-state index is 13.0. The van der Waals surface area contributed by atoms with Gasteiger partial charge in [-0.2, -0.15) is 0 Å². The van der Waals surface area contributed by atoms with Crippen molar-refractivity contribution in [3.05, 3.63) is 28.8 Å². The van der Waals surface area contributed by atoms with Gasteiger partial charge in [0.05, 0.1) is 18.9 Å². The molecule has 1 spiro atoms. The van der Waals surface area contributed by atoms with Crippen LogP contribution < -0.4 is 4.90 Å². The van der Waals surface area contributed by atoms with E-state index in [2.05, 4.69) is 22.0 Å². The summed E-state index contributed by atoms with van der Waals surface area (Å²) >= 11 is 3.44. The van der Waals surface area contributed by atoms with Crippen LogP contribution in [0.1, 0.15) is 29.5 Å². The normalized spacial score (nSPS) is 20.1. The van der Waals surface area contributed by atoms with Gasteiger partial charge >= 0.3 is 0 Å². The van der Waals surface area contributed by atoms with Gasteiger partial charge in [0.2, 0.25) is 0 Å². The number of aryl methyl sites for hydroxylation is 2. The van der Waals surface area contributed by atoms with Crippen molar-refractivity contribution in [1.29, 1.82) is 0 Å². The van der Waals surface area contributed by atoms with E-state index in [9.17, 15) is 4.79 Å². The number of rotatable bonds is 3. The minimum absolute atomic E-state index is 0.0736. The predicted octanol–water partition coefficient (Wildman–Crippen LogP) is 3.02. The van der Waals surface area contributed by atoms with Crippen molar-refractivity contribution in [1.82, 2.24) is 0 Å². The highest BCUT2D eigenvalue weighted by atomic mass is 79.9. The van der Waals surface area contributed by atoms with E-state index in [1.165, 1.54) is 0 Å². The number of benzene rings is 1. The second-order valence-corrected chi connectivity index (χ2v) is 6.38. The summed E-state index contributed by atoms with van der Waals surface area (Å²) in [5.41, 5.74) is 4.02. The molecule has 114 valence electrons. The average molecular weight is 354 g/mol. The van der Waals surface area contributed by atoms with Gasteiger partial charge in [-0.15, -0.1) is 0 Å². The highest BCUT2D eigenvalue weighted by Gasteiger charge is 2.55. The van der Waals surface area contributed by atoms with Crippen molar-refractivity contribution in [2.75, 3.05) is 30.0 Å². The lowest BCUT2D eigenvalue weighted by Gasteiger charge is -2.33. The molecule has 1 fully saturated rings. The molecule has 3 rings (SSSR count). The first-order valence-electron chi connectivity index (χ1n) is 7.38. The SMILES string of the molecule is Cc1ccc(C)c2c1N(CCCBr)C(=O)C21OCCCO1. The zero-order chi connectivity index (χ0) is 15.0. The Balaban J connectivity index is 2.14. The van der Waals surface area contributed by atoms with Gasteiger partial charge in [-0.1, -0.05) is 28.1 Å². The molecular weight excluding hydrogens is 334 g/mol. The fourth-order valence-electron chi connectivity index (χ4n) is 3.18. The van der Waals surface area contributed by atoms with Crippen LogP contribution >= 0.6 is 15.9 Å². The molecule has 0 bridgehead atoms. The van der Waals surface area contributed by atoms with Gasteiger partial charge in [0.15, 0.2) is 0 Å². The first-order chi connectivity index (χ1) is 10.1. The van der Waals surface area contributed by atoms with Gasteiger partial charge in [-0.3, -0.25) is 4.79 Å². The number of carbonyl (C=O) groups is 1. The molecule has 1 saturated heterocycles. The average Bonchev–Trinajstić information content (AvgIpc) is 2.73. The second-order valence-electron chi connectivity index (χ2n) is 5.59. The summed E-state index contributed by atoms with van der Waals surface area (Å²) in [4.78, 5) is 14.8. The summed E-state index contributed by atoms with van der Waals surface area (Å²) < 4.78 is 11.8. The van der Waals surface area contributed by atoms with Crippen molar-refractivity contribution in [3.8, 4) is 0 Å². The quantitative estimate of drug-likeness (QED) is 0.784. The predicted molar refractivity (Wildman–Crippen MR) is 84.9 cm³/mol. The number of ether oxygens (including phenoxy) is 2. The van der Waals surface area contributed by atoms with Gasteiger partial charge in [0.1, 0.15) is 0 Å². The van der Waals surface area contributed by atoms with Crippen LogP contribution in [-0.4, -0.2) is 31.0 Å². The first-order valence-corrected chi connectivity index (χ1v) is 8.50. The van der Waals surface area contributed by atoms with Crippen LogP contribution in [0, 0.1) is 13.8 Å². The zero-order valence-electron chi connectivity index (χ0n) is 12.4. The van der Waals surface area contributed by atoms with Crippen LogP contribution in [0.3, 0.4) is 0 Å². The lowest BCUT2D eigenvalue weighted by Crippen LogP contribution is -2.47. The minimum atomic E-state index is -1.21. The number of anilines is 1. The number of hydrogen-bond acceptors (Lipinski definition) is 3. The first kappa shape index (κ1) is 15.0. The fraction of sp³-hybridized carbons (Fsp3) is 0.562. The number of fused-ring (bicyclic) bond motifs is 2. The molecule has 0 atom stereocenters. The third-order valence-electron chi connectivity index (χ3n) is 4.13. The molecule has 0 saturated carbocycles. The summed E-state index contributed by atoms with van der Waals surface area (Å²) in [6.45, 7) is 5.85. The van der Waals surface area contributed by atoms with E-state index in [1.54, 1.807) is 0 Å². The molecule has 5 heteroatoms. The molecule has 2 aliphatic rings. The summed E-state index contributed by atoms with van der Waals surface area (Å²) in [5, 5.41) is 0.867. The lowest BCUT2D eigenvalue weighted by atomic mass is 9.97. The van der Waals surface area contributed by atoms with E-state index in [0.29, 0.717) is 19.8 Å². The molecular formula is C16H20BrNO3. The molecule has 1 amide bonds. The van der Waals surface area contributed by atoms with Crippen LogP contribution in [0.2, 0.25) is 0 Å². The van der Waals surface area contributed by atoms with E-state index >= 15 is 0 Å². The van der Waals surface area contributed by atoms with E-state index in [1.807, 2.05) is 24.8 Å². The fourth-order valence-corrected chi connectivity index (χ4v) is 3.43. The maximum absolute atomic E-state index is 13.0. The minimum Gasteiger partial charge on any atom is -0.338 e. The van der Waals surface area contributed by atoms with Gasteiger partial charge in [-0.25, -0.2) is 0 Å². The molecule has 21 heavy (non-hydrogen) atoms. The maximum Gasteiger partial charge on any atom is 0.292 e. The molecule has 0 unspecified atom stereocenters. The molecule has 4 nitrogen and oxygen atoms in total. The Hall–Kier alpha value is -0.910. The molecule has 0 aliphatic carbocycles. The smallest absolute Gasteiger partial charge is 0.292 e. The largest absolute Gasteiger partial charge is 0.338 e. The van der Waals surface area contributed by atoms with Crippen LogP contribution in [-0.2, 0) is 20.1 Å². The standard InChI is InChI=1S/C16H20BrNO3/c1-11-5-6-12(2)14-13(11)16(20-9-4-10-21-16)15(19)18(14)8-3-7-17/h5-6H,3-4,7-10H2,1-2H3. The number of halogens is 1. The Morgan fingerprint density at radius 2 is 1.90 bits per heavy atom. The monoisotopic (exact) mass is 353 g/mol. The zero-order valence-corrected chi connectivity index (χ0v) is 14.0. The number of alkyl halides is 1. The number of carbonyl (C=O) groups excluding carboxylic acids is 1. The van der Waals surface area contributed by atoms with Crippen LogP contribution in [0.25, 0.3) is 0 Å². The van der Waals surface area contributed by atoms with Crippen molar-refractivity contribution >= 4 is 27.5 Å². The van der Waals surface area contributed by atoms with Crippen molar-refractivity contribution < 1.29 is 14.3 Å². The van der Waals surface area contributed by atoms with Crippen LogP contribution in [0.5, 0.6) is 0 Å². The Bertz CT molecular complexity index is 567. The molecule has 0 N–H and O–H groups in total. The number of amides is 1. The van der Waals surface area contributed by atoms with Crippen molar-refractivity contribution in [2.24, 2.45) is 0 Å². The Kier molecular flexibility index (Phi) is 4.08. The molecule has 2 heterocycles. The molecule has 1 aromatic carbocycles. The summed E-state index contributed by atoms with van der Waals surface area (Å²) in [6, 6.07) is 4.10. The third-order valence-corrected chi connectivity index (χ3v) is 4.69. The Morgan fingerprint density at radius 3 is 2.57 bits per heavy atom. The highest BCUT2D eigenvalue weighted by Crippen LogP contribution is 2.48. The summed E-state index contributed by atoms with van der Waals surface area (Å²) in [6.07, 6.45) is 1.73. The van der Waals surface area contributed by atoms with Gasteiger partial charge < -0.3 is 14.4 Å². The second kappa shape index (κ2) is 5.71. The van der Waals surface area contributed by atoms with Crippen LogP contribution in [0.15, 0.2) is 12.1 Å². The van der Waals surface area contributed by atoms with Gasteiger partial charge in [0.25, 0.3) is 11.7 Å². The van der Waals surface area contributed by atoms with E-state index < -0.39 is 5.79 Å². The summed E-state index contributed by atoms with van der Waals surface area (Å²) in [7, 11) is 0. The van der Waals surface area contributed by atoms with Gasteiger partial charge in [0, 0.05) is 17.4 Å². The molecule has 2 aliphatic heterocycles. The number of hydrogen-bond donors (Lipinski definition) is 0. The van der Waals surface area contributed by atoms with E-state index in [-0.39, 0.29) is 5.91 Å². The third kappa shape index (κ3) is 2.22. The number of nitrogens with zero attached hydrogens (tertiary/aromatic N) is 1. The van der Waals surface area contributed by atoms with Gasteiger partial charge in [-0.05, 0) is 37.8 Å². The van der Waals surface area contributed by atoms with Crippen molar-refractivity contribution in [3.63, 3.8) is 0 Å². The van der Waals surface area contributed by atoms with E-state index in [4.69, 9.17) is 9.47 Å². The molecule has 0 aromatic heterocycles.